The molecule has 4 aromatic rings. The van der Waals surface area contributed by atoms with Gasteiger partial charge in [-0.2, -0.15) is 5.10 Å². The van der Waals surface area contributed by atoms with Crippen LogP contribution in [-0.2, 0) is 30.6 Å². The summed E-state index contributed by atoms with van der Waals surface area (Å²) in [5.74, 6) is 0.196. The summed E-state index contributed by atoms with van der Waals surface area (Å²) in [5.41, 5.74) is 6.40. The maximum Gasteiger partial charge on any atom is 0.267 e. The molecule has 0 radical (unpaired) electrons. The van der Waals surface area contributed by atoms with Crippen LogP contribution in [0.3, 0.4) is 0 Å². The lowest BCUT2D eigenvalue weighted by molar-refractivity contribution is -0.127. The van der Waals surface area contributed by atoms with E-state index in [0.717, 1.165) is 39.9 Å². The number of rotatable bonds is 2. The molecule has 0 saturated carbocycles. The minimum Gasteiger partial charge on any atom is -0.349 e. The second kappa shape index (κ2) is 11.5. The number of hydrogen-bond acceptors (Lipinski definition) is 5. The van der Waals surface area contributed by atoms with Gasteiger partial charge in [0.1, 0.15) is 5.84 Å². The van der Waals surface area contributed by atoms with Crippen LogP contribution in [0.2, 0.25) is 0 Å². The third-order valence-corrected chi connectivity index (χ3v) is 6.87. The van der Waals surface area contributed by atoms with Gasteiger partial charge in [0, 0.05) is 31.3 Å². The van der Waals surface area contributed by atoms with Crippen molar-refractivity contribution in [2.24, 2.45) is 4.99 Å². The zero-order chi connectivity index (χ0) is 28.2. The van der Waals surface area contributed by atoms with E-state index < -0.39 is 0 Å². The van der Waals surface area contributed by atoms with E-state index in [1.54, 1.807) is 50.2 Å². The molecule has 2 amide bonds. The molecule has 3 aromatic carbocycles. The molecule has 8 heteroatoms. The van der Waals surface area contributed by atoms with Gasteiger partial charge in [-0.05, 0) is 72.4 Å². The van der Waals surface area contributed by atoms with E-state index in [4.69, 9.17) is 4.99 Å². The lowest BCUT2D eigenvalue weighted by Gasteiger charge is -2.14. The van der Waals surface area contributed by atoms with Crippen LogP contribution in [0.1, 0.15) is 39.5 Å². The summed E-state index contributed by atoms with van der Waals surface area (Å²) in [4.78, 5) is 44.4. The van der Waals surface area contributed by atoms with Crippen LogP contribution in [0.4, 0.5) is 5.69 Å². The molecule has 1 aromatic heterocycles. The third kappa shape index (κ3) is 6.23. The lowest BCUT2D eigenvalue weighted by atomic mass is 9.98. The van der Waals surface area contributed by atoms with Gasteiger partial charge >= 0.3 is 0 Å². The molecule has 8 nitrogen and oxygen atoms in total. The van der Waals surface area contributed by atoms with Gasteiger partial charge in [0.05, 0.1) is 24.3 Å². The average molecular weight is 534 g/mol. The normalized spacial score (nSPS) is 13.3. The summed E-state index contributed by atoms with van der Waals surface area (Å²) in [6, 6.07) is 24.4. The maximum atomic E-state index is 13.1. The molecule has 0 aliphatic carbocycles. The number of nitrogens with one attached hydrogen (secondary N) is 1. The fourth-order valence-electron chi connectivity index (χ4n) is 4.70. The van der Waals surface area contributed by atoms with Gasteiger partial charge in [0.2, 0.25) is 5.91 Å². The van der Waals surface area contributed by atoms with E-state index in [2.05, 4.69) is 22.5 Å². The van der Waals surface area contributed by atoms with Crippen molar-refractivity contribution in [3.63, 3.8) is 0 Å². The fraction of sp³-hybridized carbons (Fsp3) is 0.219. The Bertz CT molecular complexity index is 1690. The highest BCUT2D eigenvalue weighted by Gasteiger charge is 2.13. The Kier molecular flexibility index (Phi) is 7.68. The number of carbonyl (C=O) groups excluding carboxylic acids is 2. The number of aromatic nitrogens is 2. The molecule has 0 unspecified atom stereocenters. The summed E-state index contributed by atoms with van der Waals surface area (Å²) < 4.78 is 1.42. The summed E-state index contributed by atoms with van der Waals surface area (Å²) in [6.45, 7) is 2.00. The van der Waals surface area contributed by atoms with Crippen molar-refractivity contribution >= 4 is 23.3 Å². The van der Waals surface area contributed by atoms with Crippen molar-refractivity contribution in [3.05, 3.63) is 117 Å². The van der Waals surface area contributed by atoms with Gasteiger partial charge in [-0.25, -0.2) is 9.67 Å². The number of amidine groups is 1. The summed E-state index contributed by atoms with van der Waals surface area (Å²) in [7, 11) is 3.49. The van der Waals surface area contributed by atoms with Gasteiger partial charge in [-0.3, -0.25) is 14.4 Å². The molecular weight excluding hydrogens is 502 g/mol. The number of aliphatic imine (C=N–C) groups is 1. The van der Waals surface area contributed by atoms with E-state index in [1.165, 1.54) is 10.7 Å². The first-order chi connectivity index (χ1) is 19.2. The largest absolute Gasteiger partial charge is 0.349 e. The molecule has 1 aliphatic heterocycles. The number of aryl methyl sites for hydroxylation is 2. The minimum atomic E-state index is -0.289. The first kappa shape index (κ1) is 26.7. The first-order valence-electron chi connectivity index (χ1n) is 13.2. The van der Waals surface area contributed by atoms with Crippen LogP contribution in [0.5, 0.6) is 0 Å². The molecule has 0 atom stereocenters. The molecule has 0 saturated heterocycles. The lowest BCUT2D eigenvalue weighted by Crippen LogP contribution is -2.28. The van der Waals surface area contributed by atoms with Gasteiger partial charge in [0.15, 0.2) is 0 Å². The van der Waals surface area contributed by atoms with Crippen molar-refractivity contribution < 1.29 is 9.59 Å². The predicted molar refractivity (Wildman–Crippen MR) is 156 cm³/mol. The standard InChI is InChI=1S/C32H31N5O3/c1-21-33-28-13-11-23(19-31(39)36(2)3)17-26(28)12-10-22-6-4-8-25(16-22)29-14-15-30(38)37(35-29)20-24-7-5-9-27(18-24)32(40)34-21/h4-9,11,13-18H,10,12,19-20H2,1-3H3,(H,33,34,40). The zero-order valence-electron chi connectivity index (χ0n) is 22.8. The quantitative estimate of drug-likeness (QED) is 0.418. The fourth-order valence-corrected chi connectivity index (χ4v) is 4.70. The average Bonchev–Trinajstić information content (AvgIpc) is 2.94. The van der Waals surface area contributed by atoms with Gasteiger partial charge in [-0.1, -0.05) is 42.5 Å². The molecule has 0 fully saturated rings. The highest BCUT2D eigenvalue weighted by atomic mass is 16.2. The first-order valence-corrected chi connectivity index (χ1v) is 13.2. The molecular formula is C32H31N5O3. The van der Waals surface area contributed by atoms with Gasteiger partial charge in [0.25, 0.3) is 11.5 Å². The Morgan fingerprint density at radius 2 is 1.65 bits per heavy atom. The van der Waals surface area contributed by atoms with E-state index in [0.29, 0.717) is 29.9 Å². The number of carbonyl (C=O) groups is 2. The second-order valence-corrected chi connectivity index (χ2v) is 10.2. The monoisotopic (exact) mass is 533 g/mol. The molecule has 1 N–H and O–H groups in total. The molecule has 1 aliphatic rings. The molecule has 6 bridgehead atoms. The number of nitrogens with zero attached hydrogens (tertiary/aromatic N) is 4. The SMILES string of the molecule is CC1=Nc2ccc(CC(=O)N(C)C)cc2CCc2cccc(c2)-c2ccc(=O)n(n2)Cc2cccc(c2)C(=O)N1. The van der Waals surface area contributed by atoms with Crippen LogP contribution in [0.25, 0.3) is 11.3 Å². The zero-order valence-corrected chi connectivity index (χ0v) is 22.8. The van der Waals surface area contributed by atoms with Gasteiger partial charge < -0.3 is 10.2 Å². The smallest absolute Gasteiger partial charge is 0.267 e. The molecule has 5 rings (SSSR count). The van der Waals surface area contributed by atoms with E-state index in [9.17, 15) is 14.4 Å². The molecule has 0 spiro atoms. The van der Waals surface area contributed by atoms with E-state index >= 15 is 0 Å². The number of fused-ring (bicyclic) bond motifs is 8. The van der Waals surface area contributed by atoms with Crippen LogP contribution < -0.4 is 10.9 Å². The van der Waals surface area contributed by atoms with E-state index in [1.807, 2.05) is 36.4 Å². The summed E-state index contributed by atoms with van der Waals surface area (Å²) in [6.07, 6.45) is 1.71. The summed E-state index contributed by atoms with van der Waals surface area (Å²) >= 11 is 0. The number of amides is 2. The molecule has 40 heavy (non-hydrogen) atoms. The Hall–Kier alpha value is -4.85. The minimum absolute atomic E-state index is 0.0239. The van der Waals surface area contributed by atoms with Crippen LogP contribution in [0, 0.1) is 0 Å². The maximum absolute atomic E-state index is 13.1. The van der Waals surface area contributed by atoms with Crippen molar-refractivity contribution in [2.75, 3.05) is 14.1 Å². The van der Waals surface area contributed by atoms with Gasteiger partial charge in [-0.15, -0.1) is 0 Å². The van der Waals surface area contributed by atoms with Crippen LogP contribution in [0.15, 0.2) is 88.6 Å². The topological polar surface area (TPSA) is 96.7 Å². The Morgan fingerprint density at radius 3 is 2.45 bits per heavy atom. The highest BCUT2D eigenvalue weighted by molar-refractivity contribution is 6.06. The Labute approximate surface area is 233 Å². The number of benzene rings is 3. The van der Waals surface area contributed by atoms with E-state index in [-0.39, 0.29) is 23.9 Å². The van der Waals surface area contributed by atoms with Crippen molar-refractivity contribution in [2.45, 2.75) is 32.7 Å². The predicted octanol–water partition coefficient (Wildman–Crippen LogP) is 4.17. The Balaban J connectivity index is 1.59. The Morgan fingerprint density at radius 1 is 0.900 bits per heavy atom. The van der Waals surface area contributed by atoms with Crippen LogP contribution in [-0.4, -0.2) is 46.4 Å². The highest BCUT2D eigenvalue weighted by Crippen LogP contribution is 2.25. The van der Waals surface area contributed by atoms with Crippen molar-refractivity contribution in [3.8, 4) is 11.3 Å². The van der Waals surface area contributed by atoms with Crippen LogP contribution >= 0.6 is 0 Å². The number of hydrogen-bond donors (Lipinski definition) is 1. The third-order valence-electron chi connectivity index (χ3n) is 6.87. The summed E-state index contributed by atoms with van der Waals surface area (Å²) in [5, 5.41) is 7.51. The molecule has 2 heterocycles. The number of likely N-dealkylation sites (N-methyl/N-ethyl adjacent to an activating group) is 1. The second-order valence-electron chi connectivity index (χ2n) is 10.2. The molecule has 202 valence electrons. The van der Waals surface area contributed by atoms with Crippen molar-refractivity contribution in [1.82, 2.24) is 20.0 Å². The van der Waals surface area contributed by atoms with Crippen molar-refractivity contribution in [1.29, 1.82) is 0 Å².